The van der Waals surface area contributed by atoms with Gasteiger partial charge in [-0.2, -0.15) is 0 Å². The molecule has 0 saturated heterocycles. The van der Waals surface area contributed by atoms with Crippen molar-refractivity contribution < 1.29 is 0 Å². The molecule has 3 rings (SSSR count). The molecule has 1 aromatic heterocycles. The smallest absolute Gasteiger partial charge is 0.0550 e. The molecule has 2 heterocycles. The predicted molar refractivity (Wildman–Crippen MR) is 77.6 cm³/mol. The monoisotopic (exact) mass is 250 g/mol. The summed E-state index contributed by atoms with van der Waals surface area (Å²) < 4.78 is 0. The van der Waals surface area contributed by atoms with Gasteiger partial charge < -0.3 is 0 Å². The maximum Gasteiger partial charge on any atom is 0.0550 e. The van der Waals surface area contributed by atoms with Crippen molar-refractivity contribution in [3.63, 3.8) is 0 Å². The van der Waals surface area contributed by atoms with Crippen LogP contribution in [0, 0.1) is 0 Å². The van der Waals surface area contributed by atoms with Gasteiger partial charge in [0.2, 0.25) is 0 Å². The van der Waals surface area contributed by atoms with Crippen LogP contribution in [-0.2, 0) is 6.54 Å². The van der Waals surface area contributed by atoms with E-state index in [9.17, 15) is 0 Å². The Balaban J connectivity index is 1.81. The lowest BCUT2D eigenvalue weighted by Crippen LogP contribution is -2.30. The van der Waals surface area contributed by atoms with Gasteiger partial charge in [0.25, 0.3) is 0 Å². The molecule has 1 aliphatic rings. The van der Waals surface area contributed by atoms with Gasteiger partial charge in [0.15, 0.2) is 0 Å². The number of nitrogens with zero attached hydrogens (tertiary/aromatic N) is 2. The minimum Gasteiger partial charge on any atom is -0.288 e. The van der Waals surface area contributed by atoms with Gasteiger partial charge in [-0.25, -0.2) is 0 Å². The van der Waals surface area contributed by atoms with Crippen LogP contribution < -0.4 is 0 Å². The molecule has 0 amide bonds. The molecule has 1 atom stereocenters. The Morgan fingerprint density at radius 2 is 2.00 bits per heavy atom. The fourth-order valence-electron chi connectivity index (χ4n) is 2.59. The highest BCUT2D eigenvalue weighted by atomic mass is 15.2. The second kappa shape index (κ2) is 5.81. The van der Waals surface area contributed by atoms with E-state index in [1.54, 1.807) is 0 Å². The Morgan fingerprint density at radius 3 is 2.79 bits per heavy atom. The van der Waals surface area contributed by atoms with Crippen molar-refractivity contribution in [3.05, 3.63) is 78.1 Å². The van der Waals surface area contributed by atoms with E-state index in [2.05, 4.69) is 58.4 Å². The summed E-state index contributed by atoms with van der Waals surface area (Å²) in [6.07, 6.45) is 9.50. The lowest BCUT2D eigenvalue weighted by molar-refractivity contribution is 0.216. The lowest BCUT2D eigenvalue weighted by Gasteiger charge is -2.32. The van der Waals surface area contributed by atoms with E-state index in [0.29, 0.717) is 6.04 Å². The highest BCUT2D eigenvalue weighted by molar-refractivity contribution is 5.22. The van der Waals surface area contributed by atoms with Crippen molar-refractivity contribution in [1.29, 1.82) is 0 Å². The third kappa shape index (κ3) is 2.91. The Labute approximate surface area is 114 Å². The van der Waals surface area contributed by atoms with E-state index in [1.807, 2.05) is 18.5 Å². The first kappa shape index (κ1) is 12.1. The van der Waals surface area contributed by atoms with Crippen LogP contribution in [0.4, 0.5) is 0 Å². The number of benzene rings is 1. The highest BCUT2D eigenvalue weighted by Gasteiger charge is 2.20. The van der Waals surface area contributed by atoms with Gasteiger partial charge in [-0.15, -0.1) is 0 Å². The second-order valence-corrected chi connectivity index (χ2v) is 4.90. The molecule has 0 fully saturated rings. The standard InChI is InChI=1S/C17H18N2/c1-2-7-15(8-3-1)14-19-12-5-4-10-17(19)16-9-6-11-18-13-16/h1-4,6-11,13,17H,5,12,14H2. The molecule has 1 aromatic carbocycles. The second-order valence-electron chi connectivity index (χ2n) is 4.90. The summed E-state index contributed by atoms with van der Waals surface area (Å²) >= 11 is 0. The molecule has 0 saturated carbocycles. The van der Waals surface area contributed by atoms with Crippen LogP contribution in [0.25, 0.3) is 0 Å². The minimum absolute atomic E-state index is 0.350. The molecule has 0 bridgehead atoms. The molecular weight excluding hydrogens is 232 g/mol. The number of aromatic nitrogens is 1. The summed E-state index contributed by atoms with van der Waals surface area (Å²) in [4.78, 5) is 6.75. The Kier molecular flexibility index (Phi) is 3.70. The minimum atomic E-state index is 0.350. The molecule has 96 valence electrons. The Bertz CT molecular complexity index is 534. The van der Waals surface area contributed by atoms with E-state index >= 15 is 0 Å². The third-order valence-electron chi connectivity index (χ3n) is 3.55. The van der Waals surface area contributed by atoms with Gasteiger partial charge in [0.1, 0.15) is 0 Å². The topological polar surface area (TPSA) is 16.1 Å². The molecule has 2 heteroatoms. The summed E-state index contributed by atoms with van der Waals surface area (Å²) in [7, 11) is 0. The summed E-state index contributed by atoms with van der Waals surface area (Å²) in [5.74, 6) is 0. The van der Waals surface area contributed by atoms with Gasteiger partial charge in [0.05, 0.1) is 6.04 Å². The average Bonchev–Trinajstić information content (AvgIpc) is 2.50. The number of hydrogen-bond acceptors (Lipinski definition) is 2. The Morgan fingerprint density at radius 1 is 1.11 bits per heavy atom. The Hall–Kier alpha value is -1.93. The highest BCUT2D eigenvalue weighted by Crippen LogP contribution is 2.27. The van der Waals surface area contributed by atoms with Crippen LogP contribution in [0.15, 0.2) is 67.0 Å². The van der Waals surface area contributed by atoms with Crippen LogP contribution in [0.1, 0.15) is 23.6 Å². The van der Waals surface area contributed by atoms with Crippen LogP contribution >= 0.6 is 0 Å². The van der Waals surface area contributed by atoms with Gasteiger partial charge in [0, 0.05) is 25.5 Å². The first-order valence-electron chi connectivity index (χ1n) is 6.78. The molecule has 0 N–H and O–H groups in total. The average molecular weight is 250 g/mol. The fourth-order valence-corrected chi connectivity index (χ4v) is 2.59. The zero-order valence-electron chi connectivity index (χ0n) is 10.9. The summed E-state index contributed by atoms with van der Waals surface area (Å²) in [6, 6.07) is 15.2. The van der Waals surface area contributed by atoms with Crippen LogP contribution in [0.5, 0.6) is 0 Å². The van der Waals surface area contributed by atoms with Crippen LogP contribution in [0.2, 0.25) is 0 Å². The normalized spacial score (nSPS) is 19.5. The molecule has 2 nitrogen and oxygen atoms in total. The molecular formula is C17H18N2. The largest absolute Gasteiger partial charge is 0.288 e. The summed E-state index contributed by atoms with van der Waals surface area (Å²) in [5.41, 5.74) is 2.64. The number of pyridine rings is 1. The van der Waals surface area contributed by atoms with Crippen molar-refractivity contribution in [1.82, 2.24) is 9.88 Å². The van der Waals surface area contributed by atoms with Crippen molar-refractivity contribution in [2.75, 3.05) is 6.54 Å². The number of rotatable bonds is 3. The van der Waals surface area contributed by atoms with Gasteiger partial charge in [-0.05, 0) is 23.6 Å². The molecule has 2 aromatic rings. The van der Waals surface area contributed by atoms with Gasteiger partial charge in [-0.1, -0.05) is 48.6 Å². The SMILES string of the molecule is C1=CC(c2cccnc2)N(Cc2ccccc2)CC1. The van der Waals surface area contributed by atoms with Crippen LogP contribution in [0.3, 0.4) is 0 Å². The zero-order valence-corrected chi connectivity index (χ0v) is 10.9. The van der Waals surface area contributed by atoms with Crippen molar-refractivity contribution in [2.24, 2.45) is 0 Å². The lowest BCUT2D eigenvalue weighted by atomic mass is 10.0. The summed E-state index contributed by atoms with van der Waals surface area (Å²) in [6.45, 7) is 2.09. The van der Waals surface area contributed by atoms with E-state index in [0.717, 1.165) is 19.5 Å². The van der Waals surface area contributed by atoms with Gasteiger partial charge >= 0.3 is 0 Å². The predicted octanol–water partition coefficient (Wildman–Crippen LogP) is 3.58. The van der Waals surface area contributed by atoms with E-state index < -0.39 is 0 Å². The quantitative estimate of drug-likeness (QED) is 0.774. The van der Waals surface area contributed by atoms with E-state index in [4.69, 9.17) is 0 Å². The molecule has 1 aliphatic heterocycles. The molecule has 19 heavy (non-hydrogen) atoms. The zero-order chi connectivity index (χ0) is 12.9. The van der Waals surface area contributed by atoms with E-state index in [1.165, 1.54) is 11.1 Å². The van der Waals surface area contributed by atoms with Gasteiger partial charge in [-0.3, -0.25) is 9.88 Å². The molecule has 0 aliphatic carbocycles. The first-order valence-corrected chi connectivity index (χ1v) is 6.78. The maximum absolute atomic E-state index is 4.24. The molecule has 0 radical (unpaired) electrons. The first-order chi connectivity index (χ1) is 9.43. The number of hydrogen-bond donors (Lipinski definition) is 0. The van der Waals surface area contributed by atoms with E-state index in [-0.39, 0.29) is 0 Å². The fraction of sp³-hybridized carbons (Fsp3) is 0.235. The maximum atomic E-state index is 4.24. The van der Waals surface area contributed by atoms with Crippen LogP contribution in [-0.4, -0.2) is 16.4 Å². The third-order valence-corrected chi connectivity index (χ3v) is 3.55. The summed E-state index contributed by atoms with van der Waals surface area (Å²) in [5, 5.41) is 0. The van der Waals surface area contributed by atoms with Crippen molar-refractivity contribution >= 4 is 0 Å². The van der Waals surface area contributed by atoms with Crippen molar-refractivity contribution in [3.8, 4) is 0 Å². The van der Waals surface area contributed by atoms with Crippen molar-refractivity contribution in [2.45, 2.75) is 19.0 Å². The molecule has 1 unspecified atom stereocenters. The molecule has 0 spiro atoms.